The van der Waals surface area contributed by atoms with Crippen molar-refractivity contribution in [1.82, 2.24) is 0 Å². The van der Waals surface area contributed by atoms with Crippen molar-refractivity contribution in [2.45, 2.75) is 13.8 Å². The summed E-state index contributed by atoms with van der Waals surface area (Å²) in [6.45, 7) is 3.68. The highest BCUT2D eigenvalue weighted by Crippen LogP contribution is 2.27. The van der Waals surface area contributed by atoms with Gasteiger partial charge in [-0.05, 0) is 12.1 Å². The zero-order valence-electron chi connectivity index (χ0n) is 9.79. The fourth-order valence-electron chi connectivity index (χ4n) is 1.57. The lowest BCUT2D eigenvalue weighted by atomic mass is 9.87. The zero-order valence-corrected chi connectivity index (χ0v) is 9.79. The third kappa shape index (κ3) is 1.96. The highest BCUT2D eigenvalue weighted by Gasteiger charge is 2.30. The fourth-order valence-corrected chi connectivity index (χ4v) is 1.57. The lowest BCUT2D eigenvalue weighted by molar-refractivity contribution is 0.0819. The molecule has 2 rings (SSSR count). The Balaban J connectivity index is 2.51. The first kappa shape index (κ1) is 11.8. The lowest BCUT2D eigenvalue weighted by Gasteiger charge is -2.18. The summed E-state index contributed by atoms with van der Waals surface area (Å²) in [5.41, 5.74) is 4.94. The zero-order chi connectivity index (χ0) is 12.6. The number of furan rings is 1. The molecule has 0 spiro atoms. The highest BCUT2D eigenvalue weighted by molar-refractivity contribution is 6.01. The predicted molar refractivity (Wildman–Crippen MR) is 63.3 cm³/mol. The van der Waals surface area contributed by atoms with Gasteiger partial charge in [-0.15, -0.1) is 0 Å². The molecule has 0 saturated heterocycles. The minimum atomic E-state index is -0.704. The van der Waals surface area contributed by atoms with Gasteiger partial charge in [-0.2, -0.15) is 0 Å². The standard InChI is InChI=1S/C13H14FNO2/c1-13(2,7-15)12(16)10-6-8-4-3-5-9(14)11(8)17-10/h3-6H,7,15H2,1-2H3. The van der Waals surface area contributed by atoms with Gasteiger partial charge in [0.25, 0.3) is 0 Å². The van der Waals surface area contributed by atoms with Crippen molar-refractivity contribution in [3.8, 4) is 0 Å². The van der Waals surface area contributed by atoms with E-state index in [0.29, 0.717) is 5.39 Å². The normalized spacial score (nSPS) is 12.0. The number of carbonyl (C=O) groups is 1. The maximum Gasteiger partial charge on any atom is 0.204 e. The predicted octanol–water partition coefficient (Wildman–Crippen LogP) is 2.74. The molecular formula is C13H14FNO2. The molecule has 0 bridgehead atoms. The van der Waals surface area contributed by atoms with Crippen molar-refractivity contribution >= 4 is 16.8 Å². The van der Waals surface area contributed by atoms with Crippen LogP contribution in [0.5, 0.6) is 0 Å². The first-order chi connectivity index (χ1) is 7.95. The van der Waals surface area contributed by atoms with Crippen LogP contribution in [0.25, 0.3) is 11.0 Å². The summed E-state index contributed by atoms with van der Waals surface area (Å²) >= 11 is 0. The molecule has 1 aromatic carbocycles. The molecule has 0 aliphatic carbocycles. The number of hydrogen-bond acceptors (Lipinski definition) is 3. The largest absolute Gasteiger partial charge is 0.450 e. The molecule has 0 fully saturated rings. The van der Waals surface area contributed by atoms with Crippen LogP contribution in [-0.4, -0.2) is 12.3 Å². The van der Waals surface area contributed by atoms with Crippen molar-refractivity contribution in [2.75, 3.05) is 6.54 Å². The Morgan fingerprint density at radius 2 is 2.18 bits per heavy atom. The molecule has 0 atom stereocenters. The molecule has 4 heteroatoms. The third-order valence-corrected chi connectivity index (χ3v) is 2.84. The van der Waals surface area contributed by atoms with E-state index in [1.165, 1.54) is 6.07 Å². The van der Waals surface area contributed by atoms with Gasteiger partial charge in [-0.25, -0.2) is 4.39 Å². The third-order valence-electron chi connectivity index (χ3n) is 2.84. The number of rotatable bonds is 3. The number of hydrogen-bond donors (Lipinski definition) is 1. The Kier molecular flexibility index (Phi) is 2.75. The summed E-state index contributed by atoms with van der Waals surface area (Å²) in [6, 6.07) is 6.13. The number of ketones is 1. The van der Waals surface area contributed by atoms with Gasteiger partial charge >= 0.3 is 0 Å². The second-order valence-corrected chi connectivity index (χ2v) is 4.69. The molecule has 0 saturated carbocycles. The van der Waals surface area contributed by atoms with Crippen LogP contribution in [0.2, 0.25) is 0 Å². The van der Waals surface area contributed by atoms with Gasteiger partial charge in [0.2, 0.25) is 5.78 Å². The van der Waals surface area contributed by atoms with Gasteiger partial charge in [-0.3, -0.25) is 4.79 Å². The number of para-hydroxylation sites is 1. The summed E-state index contributed by atoms with van der Waals surface area (Å²) in [5.74, 6) is -0.525. The van der Waals surface area contributed by atoms with E-state index in [4.69, 9.17) is 10.2 Å². The number of carbonyl (C=O) groups excluding carboxylic acids is 1. The van der Waals surface area contributed by atoms with Gasteiger partial charge < -0.3 is 10.2 Å². The molecule has 2 aromatic rings. The van der Waals surface area contributed by atoms with E-state index >= 15 is 0 Å². The molecule has 90 valence electrons. The Labute approximate surface area is 98.4 Å². The van der Waals surface area contributed by atoms with E-state index < -0.39 is 11.2 Å². The molecule has 0 amide bonds. The van der Waals surface area contributed by atoms with Crippen molar-refractivity contribution in [2.24, 2.45) is 11.1 Å². The van der Waals surface area contributed by atoms with Crippen LogP contribution in [0.3, 0.4) is 0 Å². The van der Waals surface area contributed by atoms with E-state index in [1.54, 1.807) is 32.0 Å². The Morgan fingerprint density at radius 3 is 2.76 bits per heavy atom. The Hall–Kier alpha value is -1.68. The molecule has 0 unspecified atom stereocenters. The van der Waals surface area contributed by atoms with E-state index in [-0.39, 0.29) is 23.7 Å². The number of halogens is 1. The Bertz CT molecular complexity index is 572. The van der Waals surface area contributed by atoms with Gasteiger partial charge in [-0.1, -0.05) is 26.0 Å². The van der Waals surface area contributed by atoms with Crippen LogP contribution in [0, 0.1) is 11.2 Å². The van der Waals surface area contributed by atoms with Crippen molar-refractivity contribution < 1.29 is 13.6 Å². The molecule has 0 aliphatic heterocycles. The second kappa shape index (κ2) is 3.96. The van der Waals surface area contributed by atoms with Gasteiger partial charge in [0.1, 0.15) is 0 Å². The van der Waals surface area contributed by atoms with Gasteiger partial charge in [0.15, 0.2) is 17.2 Å². The van der Waals surface area contributed by atoms with Crippen LogP contribution in [0.4, 0.5) is 4.39 Å². The van der Waals surface area contributed by atoms with Crippen LogP contribution >= 0.6 is 0 Å². The minimum Gasteiger partial charge on any atom is -0.450 e. The number of benzene rings is 1. The maximum absolute atomic E-state index is 13.4. The molecule has 0 radical (unpaired) electrons. The topological polar surface area (TPSA) is 56.2 Å². The molecule has 17 heavy (non-hydrogen) atoms. The van der Waals surface area contributed by atoms with Gasteiger partial charge in [0.05, 0.1) is 0 Å². The first-order valence-corrected chi connectivity index (χ1v) is 5.38. The van der Waals surface area contributed by atoms with E-state index in [1.807, 2.05) is 0 Å². The molecular weight excluding hydrogens is 221 g/mol. The summed E-state index contributed by atoms with van der Waals surface area (Å²) in [4.78, 5) is 12.1. The SMILES string of the molecule is CC(C)(CN)C(=O)c1cc2cccc(F)c2o1. The average molecular weight is 235 g/mol. The summed E-state index contributed by atoms with van der Waals surface area (Å²) in [6.07, 6.45) is 0. The molecule has 2 N–H and O–H groups in total. The van der Waals surface area contributed by atoms with Crippen LogP contribution in [0.1, 0.15) is 24.4 Å². The monoisotopic (exact) mass is 235 g/mol. The molecule has 1 aromatic heterocycles. The number of fused-ring (bicyclic) bond motifs is 1. The van der Waals surface area contributed by atoms with Crippen molar-refractivity contribution in [1.29, 1.82) is 0 Å². The van der Waals surface area contributed by atoms with Gasteiger partial charge in [0, 0.05) is 17.3 Å². The molecule has 3 nitrogen and oxygen atoms in total. The molecule has 0 aliphatic rings. The van der Waals surface area contributed by atoms with E-state index in [9.17, 15) is 9.18 Å². The quantitative estimate of drug-likeness (QED) is 0.832. The summed E-state index contributed by atoms with van der Waals surface area (Å²) in [7, 11) is 0. The highest BCUT2D eigenvalue weighted by atomic mass is 19.1. The first-order valence-electron chi connectivity index (χ1n) is 5.38. The van der Waals surface area contributed by atoms with Crippen molar-refractivity contribution in [3.63, 3.8) is 0 Å². The van der Waals surface area contributed by atoms with E-state index in [2.05, 4.69) is 0 Å². The summed E-state index contributed by atoms with van der Waals surface area (Å²) < 4.78 is 18.7. The van der Waals surface area contributed by atoms with Crippen LogP contribution < -0.4 is 5.73 Å². The molecule has 1 heterocycles. The second-order valence-electron chi connectivity index (χ2n) is 4.69. The fraction of sp³-hybridized carbons (Fsp3) is 0.308. The minimum absolute atomic E-state index is 0.115. The number of Topliss-reactive ketones (excluding diaryl/α,β-unsaturated/α-hetero) is 1. The van der Waals surface area contributed by atoms with Crippen LogP contribution in [-0.2, 0) is 0 Å². The van der Waals surface area contributed by atoms with Crippen molar-refractivity contribution in [3.05, 3.63) is 35.8 Å². The maximum atomic E-state index is 13.4. The summed E-state index contributed by atoms with van der Waals surface area (Å²) in [5, 5.41) is 0.584. The average Bonchev–Trinajstić information content (AvgIpc) is 2.73. The Morgan fingerprint density at radius 1 is 1.47 bits per heavy atom. The smallest absolute Gasteiger partial charge is 0.204 e. The van der Waals surface area contributed by atoms with Crippen LogP contribution in [0.15, 0.2) is 28.7 Å². The lowest BCUT2D eigenvalue weighted by Crippen LogP contribution is -2.32. The number of nitrogens with two attached hydrogens (primary N) is 1. The van der Waals surface area contributed by atoms with E-state index in [0.717, 1.165) is 0 Å².